The number of nitrogens with one attached hydrogen (secondary N) is 2. The molecule has 1 amide bonds. The van der Waals surface area contributed by atoms with E-state index in [0.29, 0.717) is 26.1 Å². The van der Waals surface area contributed by atoms with E-state index >= 15 is 0 Å². The Kier molecular flexibility index (Phi) is 8.97. The van der Waals surface area contributed by atoms with Crippen molar-refractivity contribution in [1.29, 1.82) is 5.26 Å². The van der Waals surface area contributed by atoms with Gasteiger partial charge in [-0.15, -0.1) is 0 Å². The van der Waals surface area contributed by atoms with Gasteiger partial charge in [-0.05, 0) is 6.42 Å². The van der Waals surface area contributed by atoms with Gasteiger partial charge >= 0.3 is 0 Å². The van der Waals surface area contributed by atoms with Gasteiger partial charge in [-0.1, -0.05) is 0 Å². The van der Waals surface area contributed by atoms with Crippen LogP contribution in [-0.2, 0) is 9.53 Å². The van der Waals surface area contributed by atoms with Crippen LogP contribution in [0.4, 0.5) is 0 Å². The number of aliphatic hydroxyl groups excluding tert-OH is 1. The number of aliphatic hydroxyl groups is 1. The third kappa shape index (κ3) is 6.81. The molecule has 0 aromatic rings. The zero-order chi connectivity index (χ0) is 12.2. The van der Waals surface area contributed by atoms with E-state index in [-0.39, 0.29) is 12.2 Å². The van der Waals surface area contributed by atoms with Crippen LogP contribution in [0.3, 0.4) is 0 Å². The highest BCUT2D eigenvalue weighted by Gasteiger charge is 2.06. The minimum atomic E-state index is -0.427. The van der Waals surface area contributed by atoms with E-state index in [4.69, 9.17) is 15.1 Å². The monoisotopic (exact) mass is 227 g/mol. The standard InChI is InChI=1S/C10H17N3O3/c1-16-6-2-3-13-10(15)9(7-11)8-12-4-5-14/h8,12,14H,2-6H2,1H3,(H,13,15)/b9-8-. The number of nitrogens with zero attached hydrogens (tertiary/aromatic N) is 1. The zero-order valence-corrected chi connectivity index (χ0v) is 9.32. The second kappa shape index (κ2) is 9.96. The average molecular weight is 227 g/mol. The fourth-order valence-corrected chi connectivity index (χ4v) is 0.901. The Balaban J connectivity index is 3.92. The van der Waals surface area contributed by atoms with Gasteiger partial charge < -0.3 is 20.5 Å². The van der Waals surface area contributed by atoms with E-state index in [1.807, 2.05) is 0 Å². The molecule has 0 heterocycles. The summed E-state index contributed by atoms with van der Waals surface area (Å²) in [7, 11) is 1.58. The van der Waals surface area contributed by atoms with Crippen molar-refractivity contribution >= 4 is 5.91 Å². The minimum Gasteiger partial charge on any atom is -0.395 e. The summed E-state index contributed by atoms with van der Waals surface area (Å²) in [5.41, 5.74) is -0.00846. The first-order chi connectivity index (χ1) is 7.76. The van der Waals surface area contributed by atoms with Gasteiger partial charge in [-0.3, -0.25) is 4.79 Å². The Bertz CT molecular complexity index is 271. The van der Waals surface area contributed by atoms with E-state index in [0.717, 1.165) is 0 Å². The van der Waals surface area contributed by atoms with E-state index in [9.17, 15) is 4.79 Å². The van der Waals surface area contributed by atoms with Crippen LogP contribution in [0.1, 0.15) is 6.42 Å². The van der Waals surface area contributed by atoms with Crippen molar-refractivity contribution < 1.29 is 14.6 Å². The number of nitriles is 1. The molecule has 0 aliphatic rings. The van der Waals surface area contributed by atoms with Crippen molar-refractivity contribution in [3.63, 3.8) is 0 Å². The molecule has 0 saturated carbocycles. The van der Waals surface area contributed by atoms with Crippen molar-refractivity contribution in [1.82, 2.24) is 10.6 Å². The lowest BCUT2D eigenvalue weighted by molar-refractivity contribution is -0.117. The Morgan fingerprint density at radius 2 is 2.31 bits per heavy atom. The van der Waals surface area contributed by atoms with Crippen molar-refractivity contribution in [2.24, 2.45) is 0 Å². The number of methoxy groups -OCH3 is 1. The van der Waals surface area contributed by atoms with E-state index in [1.54, 1.807) is 13.2 Å². The fourth-order valence-electron chi connectivity index (χ4n) is 0.901. The molecule has 0 aromatic heterocycles. The quantitative estimate of drug-likeness (QED) is 0.284. The molecular weight excluding hydrogens is 210 g/mol. The maximum atomic E-state index is 11.4. The number of carbonyl (C=O) groups is 1. The molecule has 0 aromatic carbocycles. The number of amides is 1. The molecule has 0 spiro atoms. The Hall–Kier alpha value is -1.58. The van der Waals surface area contributed by atoms with Gasteiger partial charge in [-0.25, -0.2) is 0 Å². The zero-order valence-electron chi connectivity index (χ0n) is 9.32. The van der Waals surface area contributed by atoms with Gasteiger partial charge in [0.2, 0.25) is 0 Å². The molecule has 0 aliphatic carbocycles. The molecule has 6 heteroatoms. The summed E-state index contributed by atoms with van der Waals surface area (Å²) in [5, 5.41) is 22.4. The summed E-state index contributed by atoms with van der Waals surface area (Å²) in [5.74, 6) is -0.427. The molecular formula is C10H17N3O3. The third-order valence-electron chi connectivity index (χ3n) is 1.68. The van der Waals surface area contributed by atoms with Crippen molar-refractivity contribution in [3.8, 4) is 6.07 Å². The van der Waals surface area contributed by atoms with Crippen molar-refractivity contribution in [2.75, 3.05) is 33.4 Å². The molecule has 16 heavy (non-hydrogen) atoms. The van der Waals surface area contributed by atoms with Crippen molar-refractivity contribution in [2.45, 2.75) is 6.42 Å². The smallest absolute Gasteiger partial charge is 0.263 e. The highest BCUT2D eigenvalue weighted by atomic mass is 16.5. The van der Waals surface area contributed by atoms with Gasteiger partial charge in [0.1, 0.15) is 11.6 Å². The molecule has 0 atom stereocenters. The van der Waals surface area contributed by atoms with E-state index < -0.39 is 5.91 Å². The molecule has 6 nitrogen and oxygen atoms in total. The molecule has 3 N–H and O–H groups in total. The number of rotatable bonds is 8. The highest BCUT2D eigenvalue weighted by Crippen LogP contribution is 1.90. The third-order valence-corrected chi connectivity index (χ3v) is 1.68. The van der Waals surface area contributed by atoms with Gasteiger partial charge in [0.25, 0.3) is 5.91 Å². The number of carbonyl (C=O) groups excluding carboxylic acids is 1. The number of hydrogen-bond donors (Lipinski definition) is 3. The Morgan fingerprint density at radius 3 is 2.88 bits per heavy atom. The molecule has 0 fully saturated rings. The SMILES string of the molecule is COCCCNC(=O)/C(C#N)=C\NCCO. The van der Waals surface area contributed by atoms with E-state index in [2.05, 4.69) is 10.6 Å². The summed E-state index contributed by atoms with van der Waals surface area (Å²) in [4.78, 5) is 11.4. The summed E-state index contributed by atoms with van der Waals surface area (Å²) in [6, 6.07) is 1.78. The van der Waals surface area contributed by atoms with Crippen LogP contribution in [-0.4, -0.2) is 44.4 Å². The predicted octanol–water partition coefficient (Wildman–Crippen LogP) is -0.872. The Morgan fingerprint density at radius 1 is 1.56 bits per heavy atom. The molecule has 0 bridgehead atoms. The lowest BCUT2D eigenvalue weighted by Gasteiger charge is -2.03. The summed E-state index contributed by atoms with van der Waals surface area (Å²) in [6.07, 6.45) is 1.99. The second-order valence-electron chi connectivity index (χ2n) is 2.95. The van der Waals surface area contributed by atoms with Gasteiger partial charge in [0.15, 0.2) is 0 Å². The summed E-state index contributed by atoms with van der Waals surface area (Å²) in [6.45, 7) is 1.28. The topological polar surface area (TPSA) is 94.4 Å². The summed E-state index contributed by atoms with van der Waals surface area (Å²) < 4.78 is 4.82. The van der Waals surface area contributed by atoms with Crippen LogP contribution >= 0.6 is 0 Å². The lowest BCUT2D eigenvalue weighted by atomic mass is 10.3. The highest BCUT2D eigenvalue weighted by molar-refractivity contribution is 5.97. The second-order valence-corrected chi connectivity index (χ2v) is 2.95. The maximum Gasteiger partial charge on any atom is 0.263 e. The lowest BCUT2D eigenvalue weighted by Crippen LogP contribution is -2.27. The van der Waals surface area contributed by atoms with Crippen LogP contribution in [0, 0.1) is 11.3 Å². The molecule has 0 radical (unpaired) electrons. The van der Waals surface area contributed by atoms with Gasteiger partial charge in [-0.2, -0.15) is 5.26 Å². The van der Waals surface area contributed by atoms with Crippen LogP contribution in [0.15, 0.2) is 11.8 Å². The average Bonchev–Trinajstić information content (AvgIpc) is 2.30. The first-order valence-electron chi connectivity index (χ1n) is 4.98. The minimum absolute atomic E-state index is 0.00846. The first kappa shape index (κ1) is 14.4. The van der Waals surface area contributed by atoms with Crippen LogP contribution < -0.4 is 10.6 Å². The Labute approximate surface area is 94.9 Å². The number of hydrogen-bond acceptors (Lipinski definition) is 5. The largest absolute Gasteiger partial charge is 0.395 e. The summed E-state index contributed by atoms with van der Waals surface area (Å²) >= 11 is 0. The van der Waals surface area contributed by atoms with Gasteiger partial charge in [0.05, 0.1) is 6.61 Å². The molecule has 0 saturated heterocycles. The van der Waals surface area contributed by atoms with Crippen LogP contribution in [0.5, 0.6) is 0 Å². The molecule has 0 rings (SSSR count). The fraction of sp³-hybridized carbons (Fsp3) is 0.600. The first-order valence-corrected chi connectivity index (χ1v) is 4.98. The van der Waals surface area contributed by atoms with Crippen LogP contribution in [0.25, 0.3) is 0 Å². The normalized spacial score (nSPS) is 10.7. The number of ether oxygens (including phenoxy) is 1. The molecule has 90 valence electrons. The van der Waals surface area contributed by atoms with Crippen molar-refractivity contribution in [3.05, 3.63) is 11.8 Å². The van der Waals surface area contributed by atoms with E-state index in [1.165, 1.54) is 6.20 Å². The molecule has 0 aliphatic heterocycles. The maximum absolute atomic E-state index is 11.4. The van der Waals surface area contributed by atoms with Gasteiger partial charge in [0, 0.05) is 33.0 Å². The molecule has 0 unspecified atom stereocenters. The predicted molar refractivity (Wildman–Crippen MR) is 58.3 cm³/mol. The van der Waals surface area contributed by atoms with Crippen LogP contribution in [0.2, 0.25) is 0 Å².